The standard InChI is InChI=1S/C14H21NO3/c1-4-14(16)18-10-12-6-5-7-13(8-12)17-9-11(2)15-3/h5-8,11,15H,4,9-10H2,1-3H3/t11-/m0/s1. The third-order valence-electron chi connectivity index (χ3n) is 2.58. The minimum absolute atomic E-state index is 0.190. The van der Waals surface area contributed by atoms with Crippen LogP contribution in [0.15, 0.2) is 24.3 Å². The van der Waals surface area contributed by atoms with Crippen molar-refractivity contribution in [3.63, 3.8) is 0 Å². The van der Waals surface area contributed by atoms with Crippen molar-refractivity contribution in [2.45, 2.75) is 32.9 Å². The molecule has 1 aromatic rings. The molecule has 0 unspecified atom stereocenters. The first kappa shape index (κ1) is 14.5. The summed E-state index contributed by atoms with van der Waals surface area (Å²) >= 11 is 0. The minimum atomic E-state index is -0.190. The van der Waals surface area contributed by atoms with Crippen LogP contribution in [0.4, 0.5) is 0 Å². The molecule has 0 saturated carbocycles. The number of hydrogen-bond acceptors (Lipinski definition) is 4. The fourth-order valence-corrected chi connectivity index (χ4v) is 1.30. The van der Waals surface area contributed by atoms with Crippen molar-refractivity contribution >= 4 is 5.97 Å². The van der Waals surface area contributed by atoms with Crippen molar-refractivity contribution in [1.82, 2.24) is 5.32 Å². The molecule has 4 nitrogen and oxygen atoms in total. The number of rotatable bonds is 7. The van der Waals surface area contributed by atoms with E-state index in [-0.39, 0.29) is 5.97 Å². The summed E-state index contributed by atoms with van der Waals surface area (Å²) in [6.45, 7) is 4.73. The largest absolute Gasteiger partial charge is 0.492 e. The molecule has 0 aliphatic heterocycles. The van der Waals surface area contributed by atoms with Gasteiger partial charge in [0.15, 0.2) is 0 Å². The van der Waals surface area contributed by atoms with Crippen LogP contribution in [-0.4, -0.2) is 25.7 Å². The molecule has 0 amide bonds. The zero-order valence-electron chi connectivity index (χ0n) is 11.2. The number of carbonyl (C=O) groups is 1. The summed E-state index contributed by atoms with van der Waals surface area (Å²) in [4.78, 5) is 11.1. The molecule has 1 N–H and O–H groups in total. The molecule has 1 rings (SSSR count). The lowest BCUT2D eigenvalue weighted by Crippen LogP contribution is -2.28. The van der Waals surface area contributed by atoms with Gasteiger partial charge in [-0.1, -0.05) is 19.1 Å². The average Bonchev–Trinajstić information content (AvgIpc) is 2.42. The summed E-state index contributed by atoms with van der Waals surface area (Å²) < 4.78 is 10.7. The molecular formula is C14H21NO3. The van der Waals surface area contributed by atoms with E-state index in [2.05, 4.69) is 5.32 Å². The minimum Gasteiger partial charge on any atom is -0.492 e. The van der Waals surface area contributed by atoms with Crippen LogP contribution in [0.1, 0.15) is 25.8 Å². The Kier molecular flexibility index (Phi) is 6.22. The van der Waals surface area contributed by atoms with Crippen LogP contribution in [0.5, 0.6) is 5.75 Å². The Morgan fingerprint density at radius 3 is 2.89 bits per heavy atom. The number of carbonyl (C=O) groups excluding carboxylic acids is 1. The lowest BCUT2D eigenvalue weighted by Gasteiger charge is -2.12. The quantitative estimate of drug-likeness (QED) is 0.754. The van der Waals surface area contributed by atoms with E-state index in [9.17, 15) is 4.79 Å². The van der Waals surface area contributed by atoms with Crippen LogP contribution in [0.2, 0.25) is 0 Å². The predicted octanol–water partition coefficient (Wildman–Crippen LogP) is 2.13. The Morgan fingerprint density at radius 1 is 1.44 bits per heavy atom. The molecule has 0 fully saturated rings. The number of benzene rings is 1. The molecule has 0 aliphatic carbocycles. The molecule has 4 heteroatoms. The second-order valence-electron chi connectivity index (χ2n) is 4.16. The fraction of sp³-hybridized carbons (Fsp3) is 0.500. The van der Waals surface area contributed by atoms with Gasteiger partial charge in [-0.3, -0.25) is 4.79 Å². The molecular weight excluding hydrogens is 230 g/mol. The molecule has 0 heterocycles. The van der Waals surface area contributed by atoms with Gasteiger partial charge in [-0.2, -0.15) is 0 Å². The maximum Gasteiger partial charge on any atom is 0.305 e. The fourth-order valence-electron chi connectivity index (χ4n) is 1.30. The molecule has 0 aliphatic rings. The highest BCUT2D eigenvalue weighted by molar-refractivity contribution is 5.68. The van der Waals surface area contributed by atoms with E-state index in [1.54, 1.807) is 6.92 Å². The van der Waals surface area contributed by atoms with E-state index in [0.717, 1.165) is 11.3 Å². The average molecular weight is 251 g/mol. The van der Waals surface area contributed by atoms with Crippen LogP contribution in [0.3, 0.4) is 0 Å². The first-order valence-corrected chi connectivity index (χ1v) is 6.20. The normalized spacial score (nSPS) is 11.9. The zero-order chi connectivity index (χ0) is 13.4. The third kappa shape index (κ3) is 5.19. The van der Waals surface area contributed by atoms with Crippen molar-refractivity contribution < 1.29 is 14.3 Å². The predicted molar refractivity (Wildman–Crippen MR) is 70.5 cm³/mol. The lowest BCUT2D eigenvalue weighted by atomic mass is 10.2. The SMILES string of the molecule is CCC(=O)OCc1cccc(OC[C@H](C)NC)c1. The highest BCUT2D eigenvalue weighted by Crippen LogP contribution is 2.14. The Balaban J connectivity index is 2.48. The molecule has 1 atom stereocenters. The van der Waals surface area contributed by atoms with Gasteiger partial charge in [0.1, 0.15) is 19.0 Å². The summed E-state index contributed by atoms with van der Waals surface area (Å²) in [5.41, 5.74) is 0.936. The molecule has 0 spiro atoms. The van der Waals surface area contributed by atoms with Crippen LogP contribution in [0, 0.1) is 0 Å². The first-order valence-electron chi connectivity index (χ1n) is 6.20. The molecule has 0 aromatic heterocycles. The molecule has 100 valence electrons. The Labute approximate surface area is 108 Å². The van der Waals surface area contributed by atoms with E-state index in [0.29, 0.717) is 25.7 Å². The van der Waals surface area contributed by atoms with Gasteiger partial charge < -0.3 is 14.8 Å². The monoisotopic (exact) mass is 251 g/mol. The van der Waals surface area contributed by atoms with Crippen LogP contribution in [-0.2, 0) is 16.1 Å². The van der Waals surface area contributed by atoms with Gasteiger partial charge in [0, 0.05) is 12.5 Å². The summed E-state index contributed by atoms with van der Waals surface area (Å²) in [7, 11) is 1.90. The van der Waals surface area contributed by atoms with Gasteiger partial charge in [-0.05, 0) is 31.7 Å². The third-order valence-corrected chi connectivity index (χ3v) is 2.58. The van der Waals surface area contributed by atoms with Crippen LogP contribution < -0.4 is 10.1 Å². The van der Waals surface area contributed by atoms with Gasteiger partial charge in [-0.15, -0.1) is 0 Å². The number of esters is 1. The summed E-state index contributed by atoms with van der Waals surface area (Å²) in [6, 6.07) is 7.90. The highest BCUT2D eigenvalue weighted by Gasteiger charge is 2.03. The van der Waals surface area contributed by atoms with Gasteiger partial charge in [0.2, 0.25) is 0 Å². The maximum absolute atomic E-state index is 11.1. The summed E-state index contributed by atoms with van der Waals surface area (Å²) in [5.74, 6) is 0.604. The van der Waals surface area contributed by atoms with E-state index < -0.39 is 0 Å². The van der Waals surface area contributed by atoms with Gasteiger partial charge in [-0.25, -0.2) is 0 Å². The zero-order valence-corrected chi connectivity index (χ0v) is 11.2. The molecule has 0 radical (unpaired) electrons. The van der Waals surface area contributed by atoms with E-state index in [1.165, 1.54) is 0 Å². The lowest BCUT2D eigenvalue weighted by molar-refractivity contribution is -0.144. The van der Waals surface area contributed by atoms with Gasteiger partial charge >= 0.3 is 5.97 Å². The van der Waals surface area contributed by atoms with E-state index in [4.69, 9.17) is 9.47 Å². The van der Waals surface area contributed by atoms with Crippen molar-refractivity contribution in [1.29, 1.82) is 0 Å². The van der Waals surface area contributed by atoms with Crippen molar-refractivity contribution in [3.05, 3.63) is 29.8 Å². The Hall–Kier alpha value is -1.55. The van der Waals surface area contributed by atoms with E-state index in [1.807, 2.05) is 38.2 Å². The second kappa shape index (κ2) is 7.71. The first-order chi connectivity index (χ1) is 8.65. The van der Waals surface area contributed by atoms with Crippen molar-refractivity contribution in [2.75, 3.05) is 13.7 Å². The number of likely N-dealkylation sites (N-methyl/N-ethyl adjacent to an activating group) is 1. The number of hydrogen-bond donors (Lipinski definition) is 1. The van der Waals surface area contributed by atoms with Crippen molar-refractivity contribution in [2.24, 2.45) is 0 Å². The van der Waals surface area contributed by atoms with E-state index >= 15 is 0 Å². The molecule has 0 bridgehead atoms. The van der Waals surface area contributed by atoms with Gasteiger partial charge in [0.25, 0.3) is 0 Å². The van der Waals surface area contributed by atoms with Crippen LogP contribution in [0.25, 0.3) is 0 Å². The molecule has 0 saturated heterocycles. The maximum atomic E-state index is 11.1. The van der Waals surface area contributed by atoms with Crippen LogP contribution >= 0.6 is 0 Å². The summed E-state index contributed by atoms with van der Waals surface area (Å²) in [5, 5.41) is 3.10. The smallest absolute Gasteiger partial charge is 0.305 e. The topological polar surface area (TPSA) is 47.6 Å². The number of ether oxygens (including phenoxy) is 2. The Bertz CT molecular complexity index is 379. The second-order valence-corrected chi connectivity index (χ2v) is 4.16. The molecule has 1 aromatic carbocycles. The number of nitrogens with one attached hydrogen (secondary N) is 1. The molecule has 18 heavy (non-hydrogen) atoms. The highest BCUT2D eigenvalue weighted by atomic mass is 16.5. The van der Waals surface area contributed by atoms with Crippen molar-refractivity contribution in [3.8, 4) is 5.75 Å². The van der Waals surface area contributed by atoms with Gasteiger partial charge in [0.05, 0.1) is 0 Å². The Morgan fingerprint density at radius 2 is 2.22 bits per heavy atom. The summed E-state index contributed by atoms with van der Waals surface area (Å²) in [6.07, 6.45) is 0.399.